The highest BCUT2D eigenvalue weighted by molar-refractivity contribution is 7.92. The van der Waals surface area contributed by atoms with Crippen LogP contribution < -0.4 is 9.62 Å². The fourth-order valence-corrected chi connectivity index (χ4v) is 10.6. The maximum atomic E-state index is 14.5. The van der Waals surface area contributed by atoms with Gasteiger partial charge in [-0.1, -0.05) is 67.4 Å². The summed E-state index contributed by atoms with van der Waals surface area (Å²) in [7, 11) is -3.87. The van der Waals surface area contributed by atoms with Gasteiger partial charge >= 0.3 is 0 Å². The van der Waals surface area contributed by atoms with Gasteiger partial charge in [0.25, 0.3) is 0 Å². The third-order valence-corrected chi connectivity index (χ3v) is 12.9. The fraction of sp³-hybridized carbons (Fsp3) is 0.500. The largest absolute Gasteiger partial charge is 0.352 e. The summed E-state index contributed by atoms with van der Waals surface area (Å²) in [6, 6.07) is 22.4. The summed E-state index contributed by atoms with van der Waals surface area (Å²) < 4.78 is 41.8. The molecule has 5 saturated carbocycles. The number of carbonyl (C=O) groups excluding carboxylic acids is 2. The van der Waals surface area contributed by atoms with Crippen LogP contribution in [0.15, 0.2) is 78.9 Å². The van der Waals surface area contributed by atoms with Crippen molar-refractivity contribution in [2.75, 3.05) is 17.1 Å². The molecule has 1 N–H and O–H groups in total. The lowest BCUT2D eigenvalue weighted by Crippen LogP contribution is -2.54. The molecule has 0 unspecified atom stereocenters. The Hall–Kier alpha value is -3.72. The van der Waals surface area contributed by atoms with E-state index >= 15 is 0 Å². The molecule has 0 aliphatic heterocycles. The second-order valence-electron chi connectivity index (χ2n) is 15.4. The Labute approximate surface area is 290 Å². The van der Waals surface area contributed by atoms with E-state index in [-0.39, 0.29) is 30.3 Å². The predicted molar refractivity (Wildman–Crippen MR) is 190 cm³/mol. The molecule has 2 amide bonds. The third-order valence-electron chi connectivity index (χ3n) is 11.7. The van der Waals surface area contributed by atoms with E-state index in [1.165, 1.54) is 61.1 Å². The van der Waals surface area contributed by atoms with Crippen LogP contribution in [0.2, 0.25) is 0 Å². The number of halogens is 1. The van der Waals surface area contributed by atoms with Crippen molar-refractivity contribution >= 4 is 27.5 Å². The first kappa shape index (κ1) is 33.8. The standard InChI is InChI=1S/C40H48FN3O4S/c1-49(47,48)44(36-17-13-33(14-18-36)40-23-30-19-31(24-40)21-32(20-30)25-40)27-38(45)43(26-29-11-15-34(41)16-12-29)37(22-28-7-3-2-4-8-28)39(46)42-35-9-5-6-10-35/h2-4,7-8,11-18,30-32,35,37H,5-6,9-10,19-27H2,1H3,(H,42,46)/t30?,31?,32?,37-,40?/m0/s1. The van der Waals surface area contributed by atoms with Crippen molar-refractivity contribution in [1.29, 1.82) is 0 Å². The molecule has 5 fully saturated rings. The van der Waals surface area contributed by atoms with Crippen molar-refractivity contribution in [2.24, 2.45) is 17.8 Å². The van der Waals surface area contributed by atoms with Crippen LogP contribution in [0.4, 0.5) is 10.1 Å². The first-order chi connectivity index (χ1) is 23.5. The van der Waals surface area contributed by atoms with Gasteiger partial charge in [0.2, 0.25) is 21.8 Å². The Kier molecular flexibility index (Phi) is 9.57. The summed E-state index contributed by atoms with van der Waals surface area (Å²) in [6.07, 6.45) is 12.9. The maximum Gasteiger partial charge on any atom is 0.244 e. The number of amides is 2. The predicted octanol–water partition coefficient (Wildman–Crippen LogP) is 6.76. The van der Waals surface area contributed by atoms with E-state index in [0.717, 1.165) is 59.6 Å². The zero-order valence-electron chi connectivity index (χ0n) is 28.4. The van der Waals surface area contributed by atoms with Crippen LogP contribution >= 0.6 is 0 Å². The molecular weight excluding hydrogens is 638 g/mol. The quantitative estimate of drug-likeness (QED) is 0.228. The molecule has 3 aromatic carbocycles. The first-order valence-electron chi connectivity index (χ1n) is 18.0. The van der Waals surface area contributed by atoms with Crippen molar-refractivity contribution in [1.82, 2.24) is 10.2 Å². The Balaban J connectivity index is 1.18. The highest BCUT2D eigenvalue weighted by atomic mass is 32.2. The Morgan fingerprint density at radius 3 is 2.00 bits per heavy atom. The van der Waals surface area contributed by atoms with E-state index in [4.69, 9.17) is 0 Å². The molecule has 9 heteroatoms. The fourth-order valence-electron chi connectivity index (χ4n) is 9.77. The van der Waals surface area contributed by atoms with Crippen LogP contribution in [0.1, 0.15) is 80.9 Å². The van der Waals surface area contributed by atoms with Gasteiger partial charge in [-0.2, -0.15) is 0 Å². The van der Waals surface area contributed by atoms with Crippen LogP contribution in [0.25, 0.3) is 0 Å². The molecule has 1 atom stereocenters. The summed E-state index contributed by atoms with van der Waals surface area (Å²) >= 11 is 0. The number of carbonyl (C=O) groups is 2. The minimum Gasteiger partial charge on any atom is -0.352 e. The van der Waals surface area contributed by atoms with Crippen LogP contribution in [0.5, 0.6) is 0 Å². The normalized spacial score (nSPS) is 25.2. The van der Waals surface area contributed by atoms with Crippen molar-refractivity contribution in [3.05, 3.63) is 101 Å². The molecule has 8 rings (SSSR count). The van der Waals surface area contributed by atoms with E-state index in [1.807, 2.05) is 42.5 Å². The summed E-state index contributed by atoms with van der Waals surface area (Å²) in [5, 5.41) is 3.18. The molecule has 7 nitrogen and oxygen atoms in total. The number of sulfonamides is 1. The minimum absolute atomic E-state index is 0.0251. The summed E-state index contributed by atoms with van der Waals surface area (Å²) in [5.74, 6) is 1.20. The molecule has 3 aromatic rings. The number of nitrogens with one attached hydrogen (secondary N) is 1. The monoisotopic (exact) mass is 685 g/mol. The van der Waals surface area contributed by atoms with Gasteiger partial charge in [0, 0.05) is 19.0 Å². The molecule has 0 aromatic heterocycles. The number of rotatable bonds is 12. The third kappa shape index (κ3) is 7.57. The Morgan fingerprint density at radius 1 is 0.837 bits per heavy atom. The number of benzene rings is 3. The number of hydrogen-bond donors (Lipinski definition) is 1. The average molecular weight is 686 g/mol. The Morgan fingerprint density at radius 2 is 1.43 bits per heavy atom. The van der Waals surface area contributed by atoms with Crippen molar-refractivity contribution in [3.63, 3.8) is 0 Å². The minimum atomic E-state index is -3.87. The number of nitrogens with zero attached hydrogens (tertiary/aromatic N) is 2. The molecule has 49 heavy (non-hydrogen) atoms. The molecule has 5 aliphatic rings. The zero-order valence-corrected chi connectivity index (χ0v) is 29.2. The summed E-state index contributed by atoms with van der Waals surface area (Å²) in [5.41, 5.74) is 3.40. The van der Waals surface area contributed by atoms with Gasteiger partial charge in [-0.25, -0.2) is 12.8 Å². The van der Waals surface area contributed by atoms with Gasteiger partial charge in [-0.15, -0.1) is 0 Å². The average Bonchev–Trinajstić information content (AvgIpc) is 3.58. The lowest BCUT2D eigenvalue weighted by atomic mass is 9.48. The van der Waals surface area contributed by atoms with Crippen LogP contribution in [-0.4, -0.2) is 50.0 Å². The van der Waals surface area contributed by atoms with Crippen LogP contribution in [0.3, 0.4) is 0 Å². The van der Waals surface area contributed by atoms with Gasteiger partial charge in [-0.05, 0) is 115 Å². The van der Waals surface area contributed by atoms with Crippen LogP contribution in [-0.2, 0) is 38.0 Å². The van der Waals surface area contributed by atoms with Crippen molar-refractivity contribution in [3.8, 4) is 0 Å². The number of anilines is 1. The molecular formula is C40H48FN3O4S. The highest BCUT2D eigenvalue weighted by Gasteiger charge is 2.51. The highest BCUT2D eigenvalue weighted by Crippen LogP contribution is 2.60. The van der Waals surface area contributed by atoms with E-state index in [1.54, 1.807) is 12.1 Å². The van der Waals surface area contributed by atoms with E-state index in [2.05, 4.69) is 17.4 Å². The lowest BCUT2D eigenvalue weighted by molar-refractivity contribution is -0.140. The molecule has 5 aliphatic carbocycles. The molecule has 0 spiro atoms. The van der Waals surface area contributed by atoms with Gasteiger partial charge in [-0.3, -0.25) is 13.9 Å². The molecule has 0 radical (unpaired) electrons. The molecule has 260 valence electrons. The van der Waals surface area contributed by atoms with Gasteiger partial charge in [0.05, 0.1) is 11.9 Å². The molecule has 0 heterocycles. The maximum absolute atomic E-state index is 14.5. The SMILES string of the molecule is CS(=O)(=O)N(CC(=O)N(Cc1ccc(F)cc1)[C@@H](Cc1ccccc1)C(=O)NC1CCCC1)c1ccc(C23CC4CC(CC(C4)C2)C3)cc1. The molecule has 4 bridgehead atoms. The second kappa shape index (κ2) is 13.9. The zero-order chi connectivity index (χ0) is 34.2. The van der Waals surface area contributed by atoms with E-state index in [9.17, 15) is 22.4 Å². The van der Waals surface area contributed by atoms with E-state index in [0.29, 0.717) is 11.3 Å². The second-order valence-corrected chi connectivity index (χ2v) is 17.3. The Bertz CT molecular complexity index is 1700. The van der Waals surface area contributed by atoms with E-state index < -0.39 is 34.3 Å². The smallest absolute Gasteiger partial charge is 0.244 e. The molecule has 0 saturated heterocycles. The summed E-state index contributed by atoms with van der Waals surface area (Å²) in [4.78, 5) is 30.0. The van der Waals surface area contributed by atoms with Gasteiger partial charge < -0.3 is 10.2 Å². The van der Waals surface area contributed by atoms with Gasteiger partial charge in [0.1, 0.15) is 18.4 Å². The summed E-state index contributed by atoms with van der Waals surface area (Å²) in [6.45, 7) is -0.435. The lowest BCUT2D eigenvalue weighted by Gasteiger charge is -2.57. The van der Waals surface area contributed by atoms with Crippen LogP contribution in [0, 0.1) is 23.6 Å². The first-order valence-corrected chi connectivity index (χ1v) is 19.9. The number of hydrogen-bond acceptors (Lipinski definition) is 4. The van der Waals surface area contributed by atoms with Gasteiger partial charge in [0.15, 0.2) is 0 Å². The van der Waals surface area contributed by atoms with Crippen molar-refractivity contribution in [2.45, 2.75) is 94.7 Å². The van der Waals surface area contributed by atoms with Crippen molar-refractivity contribution < 1.29 is 22.4 Å². The topological polar surface area (TPSA) is 86.8 Å².